The molecule has 0 fully saturated rings. The number of nitrogens with one attached hydrogen (secondary N) is 2. The van der Waals surface area contributed by atoms with E-state index in [9.17, 15) is 9.59 Å². The Hall–Kier alpha value is -3.10. The highest BCUT2D eigenvalue weighted by Crippen LogP contribution is 2.26. The van der Waals surface area contributed by atoms with Crippen LogP contribution in [0.4, 0.5) is 5.69 Å². The second-order valence-corrected chi connectivity index (χ2v) is 7.10. The number of halogens is 1. The van der Waals surface area contributed by atoms with Gasteiger partial charge in [0.2, 0.25) is 0 Å². The fraction of sp³-hybridized carbons (Fsp3) is 0.182. The molecule has 2 N–H and O–H groups in total. The van der Waals surface area contributed by atoms with Gasteiger partial charge in [0.15, 0.2) is 0 Å². The predicted molar refractivity (Wildman–Crippen MR) is 116 cm³/mol. The molecule has 30 heavy (non-hydrogen) atoms. The van der Waals surface area contributed by atoms with Crippen LogP contribution in [-0.2, 0) is 11.3 Å². The fourth-order valence-electron chi connectivity index (χ4n) is 2.65. The standard InChI is InChI=1S/C22H21BrN2O5/c1-28-11-12-30-20-9-8-15(13-18(20)23)21(26)25-19-7-3-2-6-17(19)22(27)24-14-16-5-4-10-29-16/h2-10,13H,11-12,14H2,1H3,(H,24,27)(H,25,26). The molecule has 2 aromatic carbocycles. The van der Waals surface area contributed by atoms with E-state index in [-0.39, 0.29) is 18.4 Å². The number of hydrogen-bond acceptors (Lipinski definition) is 5. The maximum atomic E-state index is 12.7. The van der Waals surface area contributed by atoms with E-state index in [2.05, 4.69) is 26.6 Å². The summed E-state index contributed by atoms with van der Waals surface area (Å²) in [5.74, 6) is 0.597. The number of ether oxygens (including phenoxy) is 2. The molecular formula is C22H21BrN2O5. The van der Waals surface area contributed by atoms with Gasteiger partial charge in [0, 0.05) is 12.7 Å². The Morgan fingerprint density at radius 1 is 1.03 bits per heavy atom. The molecule has 1 aromatic heterocycles. The van der Waals surface area contributed by atoms with E-state index in [1.807, 2.05) is 0 Å². The molecule has 0 bridgehead atoms. The van der Waals surface area contributed by atoms with Crippen molar-refractivity contribution >= 4 is 33.4 Å². The van der Waals surface area contributed by atoms with Gasteiger partial charge in [-0.3, -0.25) is 9.59 Å². The highest BCUT2D eigenvalue weighted by molar-refractivity contribution is 9.10. The van der Waals surface area contributed by atoms with E-state index < -0.39 is 0 Å². The molecule has 0 aliphatic rings. The number of para-hydroxylation sites is 1. The second-order valence-electron chi connectivity index (χ2n) is 6.25. The summed E-state index contributed by atoms with van der Waals surface area (Å²) in [6, 6.07) is 15.4. The first-order valence-electron chi connectivity index (χ1n) is 9.20. The van der Waals surface area contributed by atoms with Gasteiger partial charge < -0.3 is 24.5 Å². The van der Waals surface area contributed by atoms with E-state index >= 15 is 0 Å². The summed E-state index contributed by atoms with van der Waals surface area (Å²) < 4.78 is 16.4. The molecule has 0 radical (unpaired) electrons. The summed E-state index contributed by atoms with van der Waals surface area (Å²) in [6.07, 6.45) is 1.54. The monoisotopic (exact) mass is 472 g/mol. The molecule has 3 rings (SSSR count). The first-order chi connectivity index (χ1) is 14.6. The van der Waals surface area contributed by atoms with Crippen LogP contribution in [-0.4, -0.2) is 32.1 Å². The molecule has 0 saturated carbocycles. The molecule has 0 saturated heterocycles. The molecule has 8 heteroatoms. The van der Waals surface area contributed by atoms with Crippen LogP contribution < -0.4 is 15.4 Å². The van der Waals surface area contributed by atoms with Crippen molar-refractivity contribution in [3.05, 3.63) is 82.2 Å². The van der Waals surface area contributed by atoms with Crippen molar-refractivity contribution in [3.8, 4) is 5.75 Å². The first-order valence-corrected chi connectivity index (χ1v) is 10.00. The maximum Gasteiger partial charge on any atom is 0.255 e. The zero-order valence-corrected chi connectivity index (χ0v) is 17.9. The lowest BCUT2D eigenvalue weighted by Gasteiger charge is -2.12. The van der Waals surface area contributed by atoms with Crippen molar-refractivity contribution < 1.29 is 23.5 Å². The summed E-state index contributed by atoms with van der Waals surface area (Å²) in [6.45, 7) is 1.13. The van der Waals surface area contributed by atoms with E-state index in [1.54, 1.807) is 68.0 Å². The van der Waals surface area contributed by atoms with Gasteiger partial charge in [0.1, 0.15) is 18.1 Å². The molecule has 2 amide bonds. The lowest BCUT2D eigenvalue weighted by atomic mass is 10.1. The van der Waals surface area contributed by atoms with Gasteiger partial charge in [-0.1, -0.05) is 12.1 Å². The van der Waals surface area contributed by atoms with Crippen LogP contribution in [0.25, 0.3) is 0 Å². The number of benzene rings is 2. The van der Waals surface area contributed by atoms with Crippen molar-refractivity contribution in [2.45, 2.75) is 6.54 Å². The Labute approximate surface area is 182 Å². The average molecular weight is 473 g/mol. The van der Waals surface area contributed by atoms with Gasteiger partial charge in [-0.15, -0.1) is 0 Å². The van der Waals surface area contributed by atoms with Gasteiger partial charge >= 0.3 is 0 Å². The van der Waals surface area contributed by atoms with Gasteiger partial charge in [-0.25, -0.2) is 0 Å². The number of hydrogen-bond donors (Lipinski definition) is 2. The Morgan fingerprint density at radius 3 is 2.60 bits per heavy atom. The van der Waals surface area contributed by atoms with Crippen molar-refractivity contribution in [1.82, 2.24) is 5.32 Å². The Morgan fingerprint density at radius 2 is 1.87 bits per heavy atom. The Bertz CT molecular complexity index is 1000. The molecule has 0 aliphatic heterocycles. The Kier molecular flexibility index (Phi) is 7.64. The number of rotatable bonds is 9. The van der Waals surface area contributed by atoms with Crippen LogP contribution in [0.1, 0.15) is 26.5 Å². The van der Waals surface area contributed by atoms with E-state index in [0.29, 0.717) is 46.0 Å². The minimum atomic E-state index is -0.342. The Balaban J connectivity index is 1.68. The van der Waals surface area contributed by atoms with Crippen molar-refractivity contribution in [2.24, 2.45) is 0 Å². The van der Waals surface area contributed by atoms with Gasteiger partial charge in [-0.2, -0.15) is 0 Å². The van der Waals surface area contributed by atoms with Gasteiger partial charge in [0.25, 0.3) is 11.8 Å². The molecule has 0 aliphatic carbocycles. The average Bonchev–Trinajstić information content (AvgIpc) is 3.27. The number of furan rings is 1. The first kappa shape index (κ1) is 21.6. The van der Waals surface area contributed by atoms with Crippen LogP contribution in [0.15, 0.2) is 69.8 Å². The largest absolute Gasteiger partial charge is 0.490 e. The number of anilines is 1. The van der Waals surface area contributed by atoms with Crippen molar-refractivity contribution in [3.63, 3.8) is 0 Å². The molecule has 0 atom stereocenters. The summed E-state index contributed by atoms with van der Waals surface area (Å²) >= 11 is 3.41. The SMILES string of the molecule is COCCOc1ccc(C(=O)Nc2ccccc2C(=O)NCc2ccco2)cc1Br. The molecule has 3 aromatic rings. The summed E-state index contributed by atoms with van der Waals surface area (Å²) in [4.78, 5) is 25.3. The highest BCUT2D eigenvalue weighted by atomic mass is 79.9. The summed E-state index contributed by atoms with van der Waals surface area (Å²) in [5.41, 5.74) is 1.19. The molecule has 0 unspecified atom stereocenters. The number of carbonyl (C=O) groups excluding carboxylic acids is 2. The summed E-state index contributed by atoms with van der Waals surface area (Å²) in [7, 11) is 1.60. The quantitative estimate of drug-likeness (QED) is 0.454. The third-order valence-corrected chi connectivity index (χ3v) is 4.78. The maximum absolute atomic E-state index is 12.7. The van der Waals surface area contributed by atoms with Gasteiger partial charge in [0.05, 0.1) is 35.1 Å². The van der Waals surface area contributed by atoms with Crippen molar-refractivity contribution in [1.29, 1.82) is 0 Å². The normalized spacial score (nSPS) is 10.5. The highest BCUT2D eigenvalue weighted by Gasteiger charge is 2.15. The lowest BCUT2D eigenvalue weighted by Crippen LogP contribution is -2.24. The van der Waals surface area contributed by atoms with Crippen LogP contribution in [0, 0.1) is 0 Å². The van der Waals surface area contributed by atoms with Crippen LogP contribution in [0.3, 0.4) is 0 Å². The number of amides is 2. The van der Waals surface area contributed by atoms with Crippen LogP contribution >= 0.6 is 15.9 Å². The van der Waals surface area contributed by atoms with Crippen molar-refractivity contribution in [2.75, 3.05) is 25.6 Å². The lowest BCUT2D eigenvalue weighted by molar-refractivity contribution is 0.0949. The van der Waals surface area contributed by atoms with Gasteiger partial charge in [-0.05, 0) is 58.4 Å². The second kappa shape index (κ2) is 10.6. The molecule has 156 valence electrons. The summed E-state index contributed by atoms with van der Waals surface area (Å²) in [5, 5.41) is 5.57. The number of carbonyl (C=O) groups is 2. The van der Waals surface area contributed by atoms with E-state index in [1.165, 1.54) is 0 Å². The zero-order valence-electron chi connectivity index (χ0n) is 16.3. The number of methoxy groups -OCH3 is 1. The minimum absolute atomic E-state index is 0.256. The fourth-order valence-corrected chi connectivity index (χ4v) is 3.15. The molecule has 7 nitrogen and oxygen atoms in total. The predicted octanol–water partition coefficient (Wildman–Crippen LogP) is 4.25. The third kappa shape index (κ3) is 5.71. The zero-order chi connectivity index (χ0) is 21.3. The molecular weight excluding hydrogens is 452 g/mol. The molecule has 0 spiro atoms. The van der Waals surface area contributed by atoms with Crippen LogP contribution in [0.5, 0.6) is 5.75 Å². The van der Waals surface area contributed by atoms with E-state index in [4.69, 9.17) is 13.9 Å². The third-order valence-electron chi connectivity index (χ3n) is 4.16. The topological polar surface area (TPSA) is 89.8 Å². The molecule has 1 heterocycles. The van der Waals surface area contributed by atoms with E-state index in [0.717, 1.165) is 0 Å². The van der Waals surface area contributed by atoms with Crippen LogP contribution in [0.2, 0.25) is 0 Å². The smallest absolute Gasteiger partial charge is 0.255 e. The minimum Gasteiger partial charge on any atom is -0.490 e.